The first-order valence-corrected chi connectivity index (χ1v) is 9.47. The molecule has 1 heterocycles. The number of rotatable bonds is 9. The summed E-state index contributed by atoms with van der Waals surface area (Å²) in [5.41, 5.74) is 0.871. The lowest BCUT2D eigenvalue weighted by Gasteiger charge is -2.22. The van der Waals surface area contributed by atoms with E-state index in [4.69, 9.17) is 4.74 Å². The van der Waals surface area contributed by atoms with Gasteiger partial charge in [0, 0.05) is 32.1 Å². The zero-order chi connectivity index (χ0) is 19.6. The van der Waals surface area contributed by atoms with Crippen LogP contribution in [0.1, 0.15) is 10.4 Å². The zero-order valence-electron chi connectivity index (χ0n) is 16.2. The number of methoxy groups -OCH3 is 1. The van der Waals surface area contributed by atoms with Crippen LogP contribution in [0.5, 0.6) is 11.5 Å². The molecule has 2 rings (SSSR count). The maximum Gasteiger partial charge on any atom is 0.387 e. The Bertz CT molecular complexity index is 730. The first-order valence-electron chi connectivity index (χ1n) is 8.59. The van der Waals surface area contributed by atoms with Crippen molar-refractivity contribution in [3.63, 3.8) is 0 Å². The number of ether oxygens (including phenoxy) is 2. The summed E-state index contributed by atoms with van der Waals surface area (Å²) in [5.74, 6) is 1.13. The maximum atomic E-state index is 12.5. The summed E-state index contributed by atoms with van der Waals surface area (Å²) in [6.07, 6.45) is 1.60. The molecule has 28 heavy (non-hydrogen) atoms. The Hall–Kier alpha value is -1.62. The van der Waals surface area contributed by atoms with Crippen LogP contribution in [0.15, 0.2) is 40.7 Å². The van der Waals surface area contributed by atoms with Gasteiger partial charge in [0.2, 0.25) is 0 Å². The van der Waals surface area contributed by atoms with Gasteiger partial charge in [0.15, 0.2) is 17.5 Å². The van der Waals surface area contributed by atoms with Crippen molar-refractivity contribution in [2.75, 3.05) is 34.3 Å². The lowest BCUT2D eigenvalue weighted by molar-refractivity contribution is -0.0512. The summed E-state index contributed by atoms with van der Waals surface area (Å²) in [7, 11) is 5.15. The van der Waals surface area contributed by atoms with Gasteiger partial charge in [-0.3, -0.25) is 4.99 Å². The molecule has 1 aromatic carbocycles. The monoisotopic (exact) mass is 525 g/mol. The largest absolute Gasteiger partial charge is 0.493 e. The van der Waals surface area contributed by atoms with E-state index in [9.17, 15) is 8.78 Å². The van der Waals surface area contributed by atoms with Crippen molar-refractivity contribution < 1.29 is 18.3 Å². The molecule has 0 saturated heterocycles. The molecule has 156 valence electrons. The molecular weight excluding hydrogens is 499 g/mol. The van der Waals surface area contributed by atoms with Gasteiger partial charge in [0.1, 0.15) is 0 Å². The van der Waals surface area contributed by atoms with Gasteiger partial charge in [0.25, 0.3) is 0 Å². The lowest BCUT2D eigenvalue weighted by atomic mass is 10.1. The molecule has 1 N–H and O–H groups in total. The average molecular weight is 525 g/mol. The minimum atomic E-state index is -2.89. The third-order valence-electron chi connectivity index (χ3n) is 3.99. The van der Waals surface area contributed by atoms with Crippen molar-refractivity contribution in [1.29, 1.82) is 0 Å². The molecule has 9 heteroatoms. The van der Waals surface area contributed by atoms with Crippen molar-refractivity contribution in [1.82, 2.24) is 10.2 Å². The van der Waals surface area contributed by atoms with Crippen molar-refractivity contribution in [3.05, 3.63) is 46.2 Å². The van der Waals surface area contributed by atoms with Crippen LogP contribution in [0.3, 0.4) is 0 Å². The molecular formula is C19H26F2IN3O2S. The third kappa shape index (κ3) is 7.78. The highest BCUT2D eigenvalue weighted by atomic mass is 127. The Morgan fingerprint density at radius 3 is 2.64 bits per heavy atom. The molecule has 0 bridgehead atoms. The van der Waals surface area contributed by atoms with E-state index in [0.717, 1.165) is 24.5 Å². The number of guanidine groups is 1. The van der Waals surface area contributed by atoms with Gasteiger partial charge in [-0.25, -0.2) is 0 Å². The van der Waals surface area contributed by atoms with E-state index in [2.05, 4.69) is 31.4 Å². The highest BCUT2D eigenvalue weighted by molar-refractivity contribution is 14.0. The standard InChI is InChI=1S/C19H25F2N3O2S.HI/c1-22-19(24(2)11-9-15-5-4-12-27-15)23-10-8-14-6-7-16(25-3)17(13-14)26-18(20)21;/h4-7,12-13,18H,8-11H2,1-3H3,(H,22,23);1H. The van der Waals surface area contributed by atoms with E-state index >= 15 is 0 Å². The Kier molecular flexibility index (Phi) is 11.1. The third-order valence-corrected chi connectivity index (χ3v) is 4.92. The molecule has 0 radical (unpaired) electrons. The number of thiophene rings is 1. The van der Waals surface area contributed by atoms with Gasteiger partial charge in [-0.15, -0.1) is 35.3 Å². The number of nitrogens with one attached hydrogen (secondary N) is 1. The predicted molar refractivity (Wildman–Crippen MR) is 121 cm³/mol. The Balaban J connectivity index is 0.00000392. The van der Waals surface area contributed by atoms with Crippen LogP contribution in [0.2, 0.25) is 0 Å². The van der Waals surface area contributed by atoms with Gasteiger partial charge in [-0.05, 0) is 42.0 Å². The lowest BCUT2D eigenvalue weighted by Crippen LogP contribution is -2.40. The van der Waals surface area contributed by atoms with Crippen LogP contribution in [0.4, 0.5) is 8.78 Å². The number of halogens is 3. The average Bonchev–Trinajstić information content (AvgIpc) is 3.16. The summed E-state index contributed by atoms with van der Waals surface area (Å²) in [4.78, 5) is 7.70. The fraction of sp³-hybridized carbons (Fsp3) is 0.421. The van der Waals surface area contributed by atoms with E-state index in [-0.39, 0.29) is 35.5 Å². The van der Waals surface area contributed by atoms with E-state index in [1.54, 1.807) is 30.5 Å². The quantitative estimate of drug-likeness (QED) is 0.302. The van der Waals surface area contributed by atoms with E-state index in [0.29, 0.717) is 13.0 Å². The number of alkyl halides is 2. The first-order chi connectivity index (χ1) is 13.0. The molecule has 2 aromatic rings. The van der Waals surface area contributed by atoms with Crippen LogP contribution in [-0.4, -0.2) is 51.8 Å². The Morgan fingerprint density at radius 1 is 1.25 bits per heavy atom. The number of aliphatic imine (C=N–C) groups is 1. The fourth-order valence-corrected chi connectivity index (χ4v) is 3.30. The van der Waals surface area contributed by atoms with Crippen molar-refractivity contribution in [2.45, 2.75) is 19.5 Å². The van der Waals surface area contributed by atoms with Gasteiger partial charge in [0.05, 0.1) is 7.11 Å². The smallest absolute Gasteiger partial charge is 0.387 e. The molecule has 0 amide bonds. The molecule has 0 saturated carbocycles. The van der Waals surface area contributed by atoms with Crippen LogP contribution >= 0.6 is 35.3 Å². The summed E-state index contributed by atoms with van der Waals surface area (Å²) in [6.45, 7) is -1.41. The van der Waals surface area contributed by atoms with Crippen LogP contribution < -0.4 is 14.8 Å². The van der Waals surface area contributed by atoms with Crippen molar-refractivity contribution in [3.8, 4) is 11.5 Å². The fourth-order valence-electron chi connectivity index (χ4n) is 2.61. The van der Waals surface area contributed by atoms with E-state index in [1.807, 2.05) is 19.2 Å². The van der Waals surface area contributed by atoms with Crippen LogP contribution in [0, 0.1) is 0 Å². The number of likely N-dealkylation sites (N-methyl/N-ethyl adjacent to an activating group) is 1. The van der Waals surface area contributed by atoms with Crippen LogP contribution in [-0.2, 0) is 12.8 Å². The summed E-state index contributed by atoms with van der Waals surface area (Å²) >= 11 is 1.75. The zero-order valence-corrected chi connectivity index (χ0v) is 19.3. The minimum Gasteiger partial charge on any atom is -0.493 e. The molecule has 0 spiro atoms. The summed E-state index contributed by atoms with van der Waals surface area (Å²) in [6, 6.07) is 9.22. The van der Waals surface area contributed by atoms with Crippen molar-refractivity contribution >= 4 is 41.3 Å². The molecule has 0 aliphatic carbocycles. The highest BCUT2D eigenvalue weighted by Crippen LogP contribution is 2.29. The number of hydrogen-bond acceptors (Lipinski definition) is 4. The van der Waals surface area contributed by atoms with E-state index < -0.39 is 6.61 Å². The SMILES string of the molecule is CN=C(NCCc1ccc(OC)c(OC(F)F)c1)N(C)CCc1cccs1.I. The second kappa shape index (κ2) is 12.8. The van der Waals surface area contributed by atoms with Crippen LogP contribution in [0.25, 0.3) is 0 Å². The maximum absolute atomic E-state index is 12.5. The molecule has 1 aromatic heterocycles. The van der Waals surface area contributed by atoms with E-state index in [1.165, 1.54) is 12.0 Å². The van der Waals surface area contributed by atoms with Gasteiger partial charge in [-0.1, -0.05) is 12.1 Å². The molecule has 0 aliphatic heterocycles. The molecule has 0 atom stereocenters. The summed E-state index contributed by atoms with van der Waals surface area (Å²) < 4.78 is 34.6. The van der Waals surface area contributed by atoms with Gasteiger partial charge in [-0.2, -0.15) is 8.78 Å². The topological polar surface area (TPSA) is 46.1 Å². The minimum absolute atomic E-state index is 0. The Labute approximate surface area is 185 Å². The first kappa shape index (κ1) is 24.4. The second-order valence-electron chi connectivity index (χ2n) is 5.84. The van der Waals surface area contributed by atoms with Gasteiger partial charge >= 0.3 is 6.61 Å². The number of benzene rings is 1. The highest BCUT2D eigenvalue weighted by Gasteiger charge is 2.12. The second-order valence-corrected chi connectivity index (χ2v) is 6.87. The molecule has 5 nitrogen and oxygen atoms in total. The van der Waals surface area contributed by atoms with Crippen molar-refractivity contribution in [2.24, 2.45) is 4.99 Å². The predicted octanol–water partition coefficient (Wildman–Crippen LogP) is 4.27. The molecule has 0 fully saturated rings. The molecule has 0 aliphatic rings. The summed E-state index contributed by atoms with van der Waals surface area (Å²) in [5, 5.41) is 5.37. The Morgan fingerprint density at radius 2 is 2.04 bits per heavy atom. The normalized spacial score (nSPS) is 11.1. The number of hydrogen-bond donors (Lipinski definition) is 1. The number of nitrogens with zero attached hydrogens (tertiary/aromatic N) is 2. The molecule has 0 unspecified atom stereocenters. The van der Waals surface area contributed by atoms with Gasteiger partial charge < -0.3 is 19.7 Å².